The first-order valence-electron chi connectivity index (χ1n) is 9.77. The molecule has 0 spiro atoms. The van der Waals surface area contributed by atoms with Gasteiger partial charge in [-0.2, -0.15) is 0 Å². The SMILES string of the molecule is CNC(=O)c1ccc(-c2nc3ccc(NC(=O)C4CCCCC4)cc3[nH]2)cc1. The summed E-state index contributed by atoms with van der Waals surface area (Å²) in [5, 5.41) is 5.66. The molecule has 1 aliphatic rings. The highest BCUT2D eigenvalue weighted by Crippen LogP contribution is 2.27. The van der Waals surface area contributed by atoms with Gasteiger partial charge in [-0.15, -0.1) is 0 Å². The second kappa shape index (κ2) is 7.84. The van der Waals surface area contributed by atoms with Crippen LogP contribution >= 0.6 is 0 Å². The lowest BCUT2D eigenvalue weighted by atomic mass is 9.88. The van der Waals surface area contributed by atoms with Gasteiger partial charge in [0.25, 0.3) is 5.91 Å². The van der Waals surface area contributed by atoms with Gasteiger partial charge in [-0.1, -0.05) is 31.4 Å². The van der Waals surface area contributed by atoms with Crippen LogP contribution in [0.1, 0.15) is 42.5 Å². The Balaban J connectivity index is 1.53. The fourth-order valence-electron chi connectivity index (χ4n) is 3.76. The van der Waals surface area contributed by atoms with E-state index in [1.54, 1.807) is 19.2 Å². The van der Waals surface area contributed by atoms with Crippen LogP contribution in [0.2, 0.25) is 0 Å². The van der Waals surface area contributed by atoms with Crippen molar-refractivity contribution in [2.24, 2.45) is 5.92 Å². The normalized spacial score (nSPS) is 14.8. The molecule has 6 nitrogen and oxygen atoms in total. The Morgan fingerprint density at radius 2 is 1.79 bits per heavy atom. The maximum Gasteiger partial charge on any atom is 0.251 e. The number of nitrogens with one attached hydrogen (secondary N) is 3. The van der Waals surface area contributed by atoms with Gasteiger partial charge in [-0.05, 0) is 43.2 Å². The minimum absolute atomic E-state index is 0.114. The highest BCUT2D eigenvalue weighted by atomic mass is 16.2. The fourth-order valence-corrected chi connectivity index (χ4v) is 3.76. The van der Waals surface area contributed by atoms with Crippen LogP contribution in [-0.2, 0) is 4.79 Å². The molecular formula is C22H24N4O2. The molecule has 2 amide bonds. The van der Waals surface area contributed by atoms with E-state index in [1.165, 1.54) is 6.42 Å². The number of fused-ring (bicyclic) bond motifs is 1. The number of hydrogen-bond donors (Lipinski definition) is 3. The summed E-state index contributed by atoms with van der Waals surface area (Å²) in [4.78, 5) is 32.1. The number of aromatic amines is 1. The number of anilines is 1. The lowest BCUT2D eigenvalue weighted by molar-refractivity contribution is -0.120. The van der Waals surface area contributed by atoms with Gasteiger partial charge in [0, 0.05) is 29.8 Å². The third-order valence-electron chi connectivity index (χ3n) is 5.37. The molecule has 0 unspecified atom stereocenters. The van der Waals surface area contributed by atoms with Crippen LogP contribution < -0.4 is 10.6 Å². The van der Waals surface area contributed by atoms with Gasteiger partial charge >= 0.3 is 0 Å². The van der Waals surface area contributed by atoms with Crippen LogP contribution in [-0.4, -0.2) is 28.8 Å². The predicted octanol–water partition coefficient (Wildman–Crippen LogP) is 4.11. The minimum Gasteiger partial charge on any atom is -0.355 e. The number of amides is 2. The number of H-pyrrole nitrogens is 1. The van der Waals surface area contributed by atoms with Gasteiger partial charge in [0.05, 0.1) is 11.0 Å². The standard InChI is InChI=1S/C22H24N4O2/c1-23-21(27)16-9-7-14(8-10-16)20-25-18-12-11-17(13-19(18)26-20)24-22(28)15-5-3-2-4-6-15/h7-13,15H,2-6H2,1H3,(H,23,27)(H,24,28)(H,25,26). The zero-order valence-corrected chi connectivity index (χ0v) is 15.9. The molecule has 0 atom stereocenters. The number of aromatic nitrogens is 2. The summed E-state index contributed by atoms with van der Waals surface area (Å²) in [6.07, 6.45) is 5.47. The molecule has 1 heterocycles. The molecule has 28 heavy (non-hydrogen) atoms. The lowest BCUT2D eigenvalue weighted by Gasteiger charge is -2.20. The molecule has 4 rings (SSSR count). The number of carbonyl (C=O) groups excluding carboxylic acids is 2. The molecular weight excluding hydrogens is 352 g/mol. The Kier molecular flexibility index (Phi) is 5.10. The third-order valence-corrected chi connectivity index (χ3v) is 5.37. The van der Waals surface area contributed by atoms with Gasteiger partial charge in [-0.25, -0.2) is 4.98 Å². The van der Waals surface area contributed by atoms with Gasteiger partial charge < -0.3 is 15.6 Å². The summed E-state index contributed by atoms with van der Waals surface area (Å²) in [6, 6.07) is 13.0. The molecule has 0 aliphatic heterocycles. The first kappa shape index (κ1) is 18.2. The largest absolute Gasteiger partial charge is 0.355 e. The lowest BCUT2D eigenvalue weighted by Crippen LogP contribution is -2.24. The molecule has 0 radical (unpaired) electrons. The van der Waals surface area contributed by atoms with Crippen molar-refractivity contribution in [3.63, 3.8) is 0 Å². The van der Waals surface area contributed by atoms with Crippen LogP contribution in [0.4, 0.5) is 5.69 Å². The van der Waals surface area contributed by atoms with Crippen molar-refractivity contribution in [2.75, 3.05) is 12.4 Å². The third kappa shape index (κ3) is 3.76. The molecule has 0 bridgehead atoms. The maximum atomic E-state index is 12.5. The van der Waals surface area contributed by atoms with E-state index in [1.807, 2.05) is 30.3 Å². The van der Waals surface area contributed by atoms with E-state index in [9.17, 15) is 9.59 Å². The number of rotatable bonds is 4. The number of carbonyl (C=O) groups is 2. The smallest absolute Gasteiger partial charge is 0.251 e. The molecule has 1 aliphatic carbocycles. The Hall–Kier alpha value is -3.15. The predicted molar refractivity (Wildman–Crippen MR) is 110 cm³/mol. The molecule has 1 aromatic heterocycles. The Bertz CT molecular complexity index is 1000. The van der Waals surface area contributed by atoms with Crippen molar-refractivity contribution in [3.05, 3.63) is 48.0 Å². The molecule has 3 aromatic rings. The topological polar surface area (TPSA) is 86.9 Å². The van der Waals surface area contributed by atoms with Crippen LogP contribution in [0.15, 0.2) is 42.5 Å². The maximum absolute atomic E-state index is 12.5. The van der Waals surface area contributed by atoms with E-state index in [2.05, 4.69) is 20.6 Å². The zero-order chi connectivity index (χ0) is 19.5. The van der Waals surface area contributed by atoms with E-state index in [4.69, 9.17) is 0 Å². The molecule has 2 aromatic carbocycles. The zero-order valence-electron chi connectivity index (χ0n) is 15.9. The summed E-state index contributed by atoms with van der Waals surface area (Å²) in [5.74, 6) is 0.855. The van der Waals surface area contributed by atoms with Crippen LogP contribution in [0, 0.1) is 5.92 Å². The highest BCUT2D eigenvalue weighted by Gasteiger charge is 2.21. The summed E-state index contributed by atoms with van der Waals surface area (Å²) >= 11 is 0. The summed E-state index contributed by atoms with van der Waals surface area (Å²) < 4.78 is 0. The Morgan fingerprint density at radius 1 is 1.04 bits per heavy atom. The van der Waals surface area contributed by atoms with E-state index in [0.29, 0.717) is 5.56 Å². The molecule has 3 N–H and O–H groups in total. The van der Waals surface area contributed by atoms with Gasteiger partial charge in [-0.3, -0.25) is 9.59 Å². The highest BCUT2D eigenvalue weighted by molar-refractivity contribution is 5.95. The summed E-state index contributed by atoms with van der Waals surface area (Å²) in [7, 11) is 1.61. The molecule has 1 fully saturated rings. The van der Waals surface area contributed by atoms with Gasteiger partial charge in [0.15, 0.2) is 0 Å². The van der Waals surface area contributed by atoms with Crippen molar-refractivity contribution in [3.8, 4) is 11.4 Å². The van der Waals surface area contributed by atoms with Crippen molar-refractivity contribution < 1.29 is 9.59 Å². The van der Waals surface area contributed by atoms with Crippen LogP contribution in [0.25, 0.3) is 22.4 Å². The van der Waals surface area contributed by atoms with E-state index >= 15 is 0 Å². The van der Waals surface area contributed by atoms with Gasteiger partial charge in [0.1, 0.15) is 5.82 Å². The second-order valence-electron chi connectivity index (χ2n) is 7.30. The summed E-state index contributed by atoms with van der Waals surface area (Å²) in [5.41, 5.74) is 3.99. The number of hydrogen-bond acceptors (Lipinski definition) is 3. The molecule has 6 heteroatoms. The van der Waals surface area contributed by atoms with Gasteiger partial charge in [0.2, 0.25) is 5.91 Å². The first-order valence-corrected chi connectivity index (χ1v) is 9.77. The first-order chi connectivity index (χ1) is 13.6. The molecule has 1 saturated carbocycles. The molecule has 144 valence electrons. The average Bonchev–Trinajstić information content (AvgIpc) is 3.17. The van der Waals surface area contributed by atoms with E-state index < -0.39 is 0 Å². The van der Waals surface area contributed by atoms with Crippen molar-refractivity contribution >= 4 is 28.5 Å². The number of benzene rings is 2. The van der Waals surface area contributed by atoms with Crippen LogP contribution in [0.5, 0.6) is 0 Å². The quantitative estimate of drug-likeness (QED) is 0.640. The fraction of sp³-hybridized carbons (Fsp3) is 0.318. The van der Waals surface area contributed by atoms with Crippen molar-refractivity contribution in [1.82, 2.24) is 15.3 Å². The second-order valence-corrected chi connectivity index (χ2v) is 7.30. The Morgan fingerprint density at radius 3 is 2.50 bits per heavy atom. The van der Waals surface area contributed by atoms with Crippen LogP contribution in [0.3, 0.4) is 0 Å². The monoisotopic (exact) mass is 376 g/mol. The number of imidazole rings is 1. The Labute approximate surface area is 163 Å². The molecule has 0 saturated heterocycles. The minimum atomic E-state index is -0.116. The average molecular weight is 376 g/mol. The number of nitrogens with zero attached hydrogens (tertiary/aromatic N) is 1. The summed E-state index contributed by atoms with van der Waals surface area (Å²) in [6.45, 7) is 0. The van der Waals surface area contributed by atoms with E-state index in [-0.39, 0.29) is 17.7 Å². The van der Waals surface area contributed by atoms with Crippen molar-refractivity contribution in [2.45, 2.75) is 32.1 Å². The van der Waals surface area contributed by atoms with Crippen molar-refractivity contribution in [1.29, 1.82) is 0 Å². The van der Waals surface area contributed by atoms with E-state index in [0.717, 1.165) is 53.8 Å².